The average molecular weight is 217 g/mol. The molecule has 0 aliphatic carbocycles. The highest BCUT2D eigenvalue weighted by molar-refractivity contribution is 8.00. The Labute approximate surface area is 94.4 Å². The molecule has 0 atom stereocenters. The predicted molar refractivity (Wildman–Crippen MR) is 69.2 cm³/mol. The lowest BCUT2D eigenvalue weighted by Gasteiger charge is -2.19. The van der Waals surface area contributed by atoms with Crippen LogP contribution in [0.25, 0.3) is 0 Å². The van der Waals surface area contributed by atoms with Gasteiger partial charge in [-0.3, -0.25) is 0 Å². The maximum atomic E-state index is 3.49. The average Bonchev–Trinajstić information content (AvgIpc) is 1.92. The van der Waals surface area contributed by atoms with Crippen molar-refractivity contribution in [1.29, 1.82) is 0 Å². The van der Waals surface area contributed by atoms with Gasteiger partial charge in [0.25, 0.3) is 0 Å². The standard InChI is InChI=1S/C12H27NS/c1-11(2,3)7-8-13-9-10-14-12(4,5)6/h13H,7-10H2,1-6H3. The summed E-state index contributed by atoms with van der Waals surface area (Å²) in [5.74, 6) is 1.22. The largest absolute Gasteiger partial charge is 0.316 e. The molecule has 0 aromatic carbocycles. The molecule has 0 aliphatic heterocycles. The Kier molecular flexibility index (Phi) is 6.15. The predicted octanol–water partition coefficient (Wildman–Crippen LogP) is 3.54. The van der Waals surface area contributed by atoms with Crippen molar-refractivity contribution in [1.82, 2.24) is 5.32 Å². The van der Waals surface area contributed by atoms with Gasteiger partial charge in [0.05, 0.1) is 0 Å². The maximum absolute atomic E-state index is 3.49. The third kappa shape index (κ3) is 12.3. The van der Waals surface area contributed by atoms with E-state index in [-0.39, 0.29) is 0 Å². The summed E-state index contributed by atoms with van der Waals surface area (Å²) in [6.45, 7) is 16.0. The van der Waals surface area contributed by atoms with Crippen molar-refractivity contribution in [3.8, 4) is 0 Å². The summed E-state index contributed by atoms with van der Waals surface area (Å²) in [5.41, 5.74) is 0.462. The van der Waals surface area contributed by atoms with Crippen LogP contribution in [0.4, 0.5) is 0 Å². The molecule has 14 heavy (non-hydrogen) atoms. The number of nitrogens with one attached hydrogen (secondary N) is 1. The quantitative estimate of drug-likeness (QED) is 0.707. The van der Waals surface area contributed by atoms with E-state index in [9.17, 15) is 0 Å². The Morgan fingerprint density at radius 1 is 0.929 bits per heavy atom. The van der Waals surface area contributed by atoms with Gasteiger partial charge in [-0.25, -0.2) is 0 Å². The summed E-state index contributed by atoms with van der Waals surface area (Å²) in [6.07, 6.45) is 1.26. The first-order valence-electron chi connectivity index (χ1n) is 5.55. The van der Waals surface area contributed by atoms with Crippen LogP contribution >= 0.6 is 11.8 Å². The first-order valence-corrected chi connectivity index (χ1v) is 6.54. The zero-order valence-electron chi connectivity index (χ0n) is 10.7. The Bertz CT molecular complexity index is 123. The molecule has 0 amide bonds. The summed E-state index contributed by atoms with van der Waals surface area (Å²) < 4.78 is 0.408. The van der Waals surface area contributed by atoms with Crippen molar-refractivity contribution in [3.05, 3.63) is 0 Å². The number of hydrogen-bond donors (Lipinski definition) is 1. The molecular formula is C12H27NS. The number of rotatable bonds is 5. The van der Waals surface area contributed by atoms with Gasteiger partial charge in [0.1, 0.15) is 0 Å². The van der Waals surface area contributed by atoms with Gasteiger partial charge in [0.15, 0.2) is 0 Å². The monoisotopic (exact) mass is 217 g/mol. The number of thioether (sulfide) groups is 1. The molecule has 86 valence electrons. The fourth-order valence-electron chi connectivity index (χ4n) is 1.02. The topological polar surface area (TPSA) is 12.0 Å². The normalized spacial score (nSPS) is 13.3. The van der Waals surface area contributed by atoms with Gasteiger partial charge in [0, 0.05) is 17.0 Å². The highest BCUT2D eigenvalue weighted by Gasteiger charge is 2.10. The van der Waals surface area contributed by atoms with E-state index < -0.39 is 0 Å². The molecular weight excluding hydrogens is 190 g/mol. The van der Waals surface area contributed by atoms with Gasteiger partial charge in [-0.2, -0.15) is 11.8 Å². The second-order valence-electron chi connectivity index (χ2n) is 6.02. The SMILES string of the molecule is CC(C)(C)CCNCCSC(C)(C)C. The number of hydrogen-bond acceptors (Lipinski definition) is 2. The molecule has 0 heterocycles. The van der Waals surface area contributed by atoms with E-state index in [0.717, 1.165) is 13.1 Å². The van der Waals surface area contributed by atoms with E-state index in [2.05, 4.69) is 46.9 Å². The molecule has 0 aromatic heterocycles. The van der Waals surface area contributed by atoms with Crippen molar-refractivity contribution in [2.24, 2.45) is 5.41 Å². The highest BCUT2D eigenvalue weighted by Crippen LogP contribution is 2.22. The van der Waals surface area contributed by atoms with E-state index in [0.29, 0.717) is 10.2 Å². The van der Waals surface area contributed by atoms with E-state index in [1.54, 1.807) is 0 Å². The van der Waals surface area contributed by atoms with Crippen molar-refractivity contribution >= 4 is 11.8 Å². The first kappa shape index (κ1) is 14.3. The molecule has 1 nitrogen and oxygen atoms in total. The summed E-state index contributed by atoms with van der Waals surface area (Å²) in [7, 11) is 0. The zero-order valence-corrected chi connectivity index (χ0v) is 11.6. The lowest BCUT2D eigenvalue weighted by molar-refractivity contribution is 0.369. The van der Waals surface area contributed by atoms with Crippen LogP contribution in [0, 0.1) is 5.41 Å². The molecule has 0 spiro atoms. The molecule has 0 aliphatic rings. The third-order valence-corrected chi connectivity index (χ3v) is 3.14. The Morgan fingerprint density at radius 3 is 1.93 bits per heavy atom. The van der Waals surface area contributed by atoms with Crippen molar-refractivity contribution < 1.29 is 0 Å². The smallest absolute Gasteiger partial charge is 0.00755 e. The molecule has 2 heteroatoms. The first-order chi connectivity index (χ1) is 6.21. The van der Waals surface area contributed by atoms with Crippen LogP contribution in [0.15, 0.2) is 0 Å². The summed E-state index contributed by atoms with van der Waals surface area (Å²) in [5, 5.41) is 3.49. The Morgan fingerprint density at radius 2 is 1.50 bits per heavy atom. The van der Waals surface area contributed by atoms with Crippen LogP contribution < -0.4 is 5.32 Å². The maximum Gasteiger partial charge on any atom is 0.00755 e. The minimum absolute atomic E-state index is 0.408. The summed E-state index contributed by atoms with van der Waals surface area (Å²) >= 11 is 2.03. The minimum atomic E-state index is 0.408. The van der Waals surface area contributed by atoms with Crippen molar-refractivity contribution in [3.63, 3.8) is 0 Å². The highest BCUT2D eigenvalue weighted by atomic mass is 32.2. The van der Waals surface area contributed by atoms with E-state index in [1.807, 2.05) is 11.8 Å². The zero-order chi connectivity index (χ0) is 11.2. The molecule has 1 N–H and O–H groups in total. The van der Waals surface area contributed by atoms with Gasteiger partial charge < -0.3 is 5.32 Å². The summed E-state index contributed by atoms with van der Waals surface area (Å²) in [4.78, 5) is 0. The lowest BCUT2D eigenvalue weighted by Crippen LogP contribution is -2.24. The molecule has 0 aromatic rings. The molecule has 0 radical (unpaired) electrons. The fourth-order valence-corrected chi connectivity index (χ4v) is 1.88. The van der Waals surface area contributed by atoms with Crippen LogP contribution in [0.2, 0.25) is 0 Å². The van der Waals surface area contributed by atoms with E-state index in [1.165, 1.54) is 12.2 Å². The Hall–Kier alpha value is 0.310. The Balaban J connectivity index is 3.23. The molecule has 0 saturated heterocycles. The van der Waals surface area contributed by atoms with Crippen LogP contribution in [0.3, 0.4) is 0 Å². The van der Waals surface area contributed by atoms with Crippen molar-refractivity contribution in [2.75, 3.05) is 18.8 Å². The van der Waals surface area contributed by atoms with Gasteiger partial charge >= 0.3 is 0 Å². The van der Waals surface area contributed by atoms with Crippen LogP contribution in [-0.4, -0.2) is 23.6 Å². The summed E-state index contributed by atoms with van der Waals surface area (Å²) in [6, 6.07) is 0. The molecule has 0 unspecified atom stereocenters. The van der Waals surface area contributed by atoms with Crippen LogP contribution in [0.1, 0.15) is 48.0 Å². The van der Waals surface area contributed by atoms with Crippen LogP contribution in [-0.2, 0) is 0 Å². The van der Waals surface area contributed by atoms with Gasteiger partial charge in [-0.05, 0) is 18.4 Å². The van der Waals surface area contributed by atoms with Gasteiger partial charge in [-0.15, -0.1) is 0 Å². The lowest BCUT2D eigenvalue weighted by atomic mass is 9.92. The van der Waals surface area contributed by atoms with E-state index >= 15 is 0 Å². The fraction of sp³-hybridized carbons (Fsp3) is 1.00. The minimum Gasteiger partial charge on any atom is -0.316 e. The van der Waals surface area contributed by atoms with Gasteiger partial charge in [0.2, 0.25) is 0 Å². The molecule has 0 saturated carbocycles. The molecule has 0 fully saturated rings. The second kappa shape index (κ2) is 6.02. The molecule has 0 rings (SSSR count). The van der Waals surface area contributed by atoms with Crippen LogP contribution in [0.5, 0.6) is 0 Å². The van der Waals surface area contributed by atoms with E-state index in [4.69, 9.17) is 0 Å². The second-order valence-corrected chi connectivity index (χ2v) is 7.94. The van der Waals surface area contributed by atoms with Gasteiger partial charge in [-0.1, -0.05) is 41.5 Å². The van der Waals surface area contributed by atoms with Crippen molar-refractivity contribution in [2.45, 2.75) is 52.7 Å². The third-order valence-electron chi connectivity index (χ3n) is 1.87. The molecule has 0 bridgehead atoms.